The van der Waals surface area contributed by atoms with Crippen LogP contribution in [0.15, 0.2) is 40.9 Å². The monoisotopic (exact) mass is 836 g/mol. The zero-order chi connectivity index (χ0) is 42.7. The maximum Gasteiger partial charge on any atom is 0.306 e. The molecule has 1 aliphatic heterocycles. The third kappa shape index (κ3) is 25.2. The number of allylic oxidation sites excluding steroid dienone is 4. The van der Waals surface area contributed by atoms with E-state index in [2.05, 4.69) is 58.1 Å². The van der Waals surface area contributed by atoms with Crippen LogP contribution in [0.2, 0.25) is 0 Å². The standard InChI is InChI=1S/C46H78NO10P/c1-8-10-11-12-18-24-30-43-44(57-43)31-25-20-14-13-15-22-27-33-46(49)55-40(37-54-58(50,51)53-35-34-47(5,6)7)36-52-45(48)32-26-21-17-16-19-23-29-42-39(4)38(3)41(56-42)28-9-2/h13,15,18,20,24-25,40,43-44H,8-12,14,16-17,19,21-23,26-37H2,1-7H3/b15-13-,24-18-,25-20-/t40-,43?,44?/m1/s1. The molecule has 0 bridgehead atoms. The first-order valence-corrected chi connectivity index (χ1v) is 23.6. The molecule has 2 heterocycles. The summed E-state index contributed by atoms with van der Waals surface area (Å²) in [5.74, 6) is 1.29. The van der Waals surface area contributed by atoms with E-state index in [0.29, 0.717) is 42.5 Å². The molecule has 0 radical (unpaired) electrons. The lowest BCUT2D eigenvalue weighted by Gasteiger charge is -2.28. The van der Waals surface area contributed by atoms with Crippen LogP contribution >= 0.6 is 7.82 Å². The van der Waals surface area contributed by atoms with Crippen LogP contribution in [0.3, 0.4) is 0 Å². The average molecular weight is 836 g/mol. The van der Waals surface area contributed by atoms with Gasteiger partial charge in [-0.15, -0.1) is 0 Å². The number of nitrogens with zero attached hydrogens (tertiary/aromatic N) is 1. The molecule has 332 valence electrons. The molecular weight excluding hydrogens is 757 g/mol. The van der Waals surface area contributed by atoms with Crippen LogP contribution in [0.1, 0.15) is 152 Å². The smallest absolute Gasteiger partial charge is 0.306 e. The number of hydrogen-bond donors (Lipinski definition) is 0. The maximum atomic E-state index is 12.7. The van der Waals surface area contributed by atoms with Gasteiger partial charge in [0.05, 0.1) is 40.0 Å². The number of unbranched alkanes of at least 4 members (excludes halogenated alkanes) is 9. The van der Waals surface area contributed by atoms with E-state index >= 15 is 0 Å². The van der Waals surface area contributed by atoms with E-state index in [1.54, 1.807) is 0 Å². The van der Waals surface area contributed by atoms with Crippen molar-refractivity contribution in [1.82, 2.24) is 0 Å². The predicted molar refractivity (Wildman–Crippen MR) is 229 cm³/mol. The molecule has 2 rings (SSSR count). The van der Waals surface area contributed by atoms with Gasteiger partial charge in [0.25, 0.3) is 7.82 Å². The van der Waals surface area contributed by atoms with Crippen molar-refractivity contribution in [3.8, 4) is 0 Å². The Bertz CT molecular complexity index is 1430. The molecule has 1 aromatic heterocycles. The van der Waals surface area contributed by atoms with E-state index in [0.717, 1.165) is 88.6 Å². The summed E-state index contributed by atoms with van der Waals surface area (Å²) >= 11 is 0. The Hall–Kier alpha value is -2.53. The highest BCUT2D eigenvalue weighted by molar-refractivity contribution is 7.45. The summed E-state index contributed by atoms with van der Waals surface area (Å²) in [6.45, 7) is 8.27. The topological polar surface area (TPSA) is 137 Å². The molecule has 1 aliphatic rings. The number of carbonyl (C=O) groups excluding carboxylic acids is 2. The predicted octanol–water partition coefficient (Wildman–Crippen LogP) is 10.1. The van der Waals surface area contributed by atoms with E-state index < -0.39 is 32.5 Å². The van der Waals surface area contributed by atoms with Gasteiger partial charge in [0.15, 0.2) is 6.10 Å². The van der Waals surface area contributed by atoms with Gasteiger partial charge in [-0.2, -0.15) is 0 Å². The van der Waals surface area contributed by atoms with Crippen LogP contribution in [-0.4, -0.2) is 82.2 Å². The van der Waals surface area contributed by atoms with E-state index in [4.69, 9.17) is 27.7 Å². The van der Waals surface area contributed by atoms with Gasteiger partial charge in [-0.1, -0.05) is 88.8 Å². The molecule has 1 aromatic rings. The molecule has 0 aliphatic carbocycles. The number of aryl methyl sites for hydroxylation is 2. The van der Waals surface area contributed by atoms with Crippen LogP contribution in [-0.2, 0) is 50.3 Å². The number of epoxide rings is 1. The van der Waals surface area contributed by atoms with E-state index in [1.807, 2.05) is 27.2 Å². The highest BCUT2D eigenvalue weighted by Gasteiger charge is 2.36. The first-order valence-electron chi connectivity index (χ1n) is 22.2. The van der Waals surface area contributed by atoms with Crippen molar-refractivity contribution >= 4 is 19.8 Å². The fraction of sp³-hybridized carbons (Fsp3) is 0.739. The number of esters is 2. The molecule has 3 unspecified atom stereocenters. The Morgan fingerprint density at radius 2 is 1.33 bits per heavy atom. The maximum absolute atomic E-state index is 12.7. The van der Waals surface area contributed by atoms with Gasteiger partial charge in [0.1, 0.15) is 31.3 Å². The average Bonchev–Trinajstić information content (AvgIpc) is 3.87. The number of ether oxygens (including phenoxy) is 3. The molecule has 1 saturated heterocycles. The van der Waals surface area contributed by atoms with Gasteiger partial charge in [-0.3, -0.25) is 14.2 Å². The molecule has 0 aromatic carbocycles. The van der Waals surface area contributed by atoms with Crippen LogP contribution in [0.5, 0.6) is 0 Å². The number of phosphoric ester groups is 1. The van der Waals surface area contributed by atoms with Gasteiger partial charge in [-0.05, 0) is 89.2 Å². The first-order chi connectivity index (χ1) is 27.7. The molecule has 1 fully saturated rings. The number of quaternary nitrogens is 1. The van der Waals surface area contributed by atoms with Crippen LogP contribution in [0, 0.1) is 13.8 Å². The Morgan fingerprint density at radius 3 is 2.02 bits per heavy atom. The molecule has 0 saturated carbocycles. The third-order valence-corrected chi connectivity index (χ3v) is 11.2. The molecule has 0 amide bonds. The van der Waals surface area contributed by atoms with Gasteiger partial charge in [0.2, 0.25) is 0 Å². The largest absolute Gasteiger partial charge is 0.756 e. The van der Waals surface area contributed by atoms with Crippen molar-refractivity contribution in [3.05, 3.63) is 59.1 Å². The van der Waals surface area contributed by atoms with Gasteiger partial charge in [-0.25, -0.2) is 0 Å². The number of phosphoric acid groups is 1. The Kier molecular flexibility index (Phi) is 26.4. The molecule has 12 heteroatoms. The van der Waals surface area contributed by atoms with Crippen molar-refractivity contribution in [2.24, 2.45) is 0 Å². The second-order valence-electron chi connectivity index (χ2n) is 16.7. The molecular formula is C46H78NO10P. The van der Waals surface area contributed by atoms with Crippen molar-refractivity contribution in [2.45, 2.75) is 174 Å². The van der Waals surface area contributed by atoms with Crippen molar-refractivity contribution in [2.75, 3.05) is 47.5 Å². The summed E-state index contributed by atoms with van der Waals surface area (Å²) in [7, 11) is 1.09. The van der Waals surface area contributed by atoms with Gasteiger partial charge in [0, 0.05) is 25.7 Å². The summed E-state index contributed by atoms with van der Waals surface area (Å²) in [4.78, 5) is 37.7. The Labute approximate surface area is 351 Å². The summed E-state index contributed by atoms with van der Waals surface area (Å²) < 4.78 is 45.8. The van der Waals surface area contributed by atoms with Crippen molar-refractivity contribution in [3.63, 3.8) is 0 Å². The van der Waals surface area contributed by atoms with E-state index in [-0.39, 0.29) is 26.1 Å². The number of carbonyl (C=O) groups is 2. The van der Waals surface area contributed by atoms with E-state index in [9.17, 15) is 19.0 Å². The number of furan rings is 1. The SMILES string of the molecule is CCCCC/C=C\CC1OC1C/C=C\C/C=C\CCCC(=O)O[C@H](COC(=O)CCCCCCCCc1oc(CCC)c(C)c1C)COP(=O)([O-])OCC[N+](C)(C)C. The molecule has 4 atom stereocenters. The highest BCUT2D eigenvalue weighted by atomic mass is 31.2. The summed E-state index contributed by atoms with van der Waals surface area (Å²) in [5.41, 5.74) is 2.57. The van der Waals surface area contributed by atoms with Crippen molar-refractivity contribution < 1.29 is 51.2 Å². The minimum atomic E-state index is -4.66. The number of likely N-dealkylation sites (N-methyl/N-ethyl adjacent to an activating group) is 1. The molecule has 0 spiro atoms. The highest BCUT2D eigenvalue weighted by Crippen LogP contribution is 2.38. The van der Waals surface area contributed by atoms with Gasteiger partial charge < -0.3 is 37.1 Å². The fourth-order valence-electron chi connectivity index (χ4n) is 6.38. The summed E-state index contributed by atoms with van der Waals surface area (Å²) in [6.07, 6.45) is 30.7. The van der Waals surface area contributed by atoms with Crippen LogP contribution < -0.4 is 4.89 Å². The van der Waals surface area contributed by atoms with Crippen molar-refractivity contribution in [1.29, 1.82) is 0 Å². The lowest BCUT2D eigenvalue weighted by atomic mass is 10.0. The second kappa shape index (κ2) is 29.7. The normalized spacial score (nSPS) is 17.4. The van der Waals surface area contributed by atoms with E-state index in [1.165, 1.54) is 30.4 Å². The third-order valence-electron chi connectivity index (χ3n) is 10.2. The quantitative estimate of drug-likeness (QED) is 0.0162. The zero-order valence-corrected chi connectivity index (χ0v) is 38.0. The Balaban J connectivity index is 1.67. The minimum Gasteiger partial charge on any atom is -0.756 e. The fourth-order valence-corrected chi connectivity index (χ4v) is 7.11. The number of hydrogen-bond acceptors (Lipinski definition) is 10. The van der Waals surface area contributed by atoms with Crippen LogP contribution in [0.25, 0.3) is 0 Å². The summed E-state index contributed by atoms with van der Waals surface area (Å²) in [6, 6.07) is 0. The summed E-state index contributed by atoms with van der Waals surface area (Å²) in [5, 5.41) is 0. The minimum absolute atomic E-state index is 0.0528. The lowest BCUT2D eigenvalue weighted by molar-refractivity contribution is -0.870. The molecule has 11 nitrogen and oxygen atoms in total. The Morgan fingerprint density at radius 1 is 0.724 bits per heavy atom. The second-order valence-corrected chi connectivity index (χ2v) is 18.1. The number of rotatable bonds is 35. The zero-order valence-electron chi connectivity index (χ0n) is 37.1. The van der Waals surface area contributed by atoms with Crippen LogP contribution in [0.4, 0.5) is 0 Å². The molecule has 58 heavy (non-hydrogen) atoms. The molecule has 0 N–H and O–H groups in total. The van der Waals surface area contributed by atoms with Gasteiger partial charge >= 0.3 is 11.9 Å². The first kappa shape index (κ1) is 51.6. The lowest BCUT2D eigenvalue weighted by Crippen LogP contribution is -2.37.